The molecule has 9 heteroatoms. The van der Waals surface area contributed by atoms with E-state index in [9.17, 15) is 16.8 Å². The molecule has 0 amide bonds. The second-order valence-electron chi connectivity index (χ2n) is 4.01. The molecule has 0 aliphatic rings. The standard InChI is InChI=1S/C12H10O6S2.Na.H/c13-19(14,15)11-5-1-3-9(7-11)10-4-2-6-12(8-10)20(16,17)18;;/h1-8H,(H,13,14,15)(H,16,17,18);;/q;+1;-1. The molecule has 108 valence electrons. The Bertz CT molecular complexity index is 791. The van der Waals surface area contributed by atoms with E-state index in [1.165, 1.54) is 36.4 Å². The molecule has 0 spiro atoms. The van der Waals surface area contributed by atoms with Crippen molar-refractivity contribution >= 4 is 20.2 Å². The van der Waals surface area contributed by atoms with E-state index in [-0.39, 0.29) is 40.8 Å². The van der Waals surface area contributed by atoms with Crippen LogP contribution in [-0.2, 0) is 20.2 Å². The monoisotopic (exact) mass is 338 g/mol. The summed E-state index contributed by atoms with van der Waals surface area (Å²) in [5.41, 5.74) is 0.788. The van der Waals surface area contributed by atoms with Crippen molar-refractivity contribution in [1.82, 2.24) is 0 Å². The summed E-state index contributed by atoms with van der Waals surface area (Å²) in [5.74, 6) is 0. The van der Waals surface area contributed by atoms with Crippen LogP contribution in [0.15, 0.2) is 58.3 Å². The van der Waals surface area contributed by atoms with Crippen LogP contribution in [0, 0.1) is 0 Å². The van der Waals surface area contributed by atoms with Gasteiger partial charge in [0.2, 0.25) is 0 Å². The van der Waals surface area contributed by atoms with E-state index in [2.05, 4.69) is 0 Å². The van der Waals surface area contributed by atoms with Gasteiger partial charge in [0.05, 0.1) is 9.79 Å². The smallest absolute Gasteiger partial charge is 1.00 e. The van der Waals surface area contributed by atoms with Gasteiger partial charge in [-0.1, -0.05) is 24.3 Å². The average molecular weight is 338 g/mol. The summed E-state index contributed by atoms with van der Waals surface area (Å²) in [4.78, 5) is -0.598. The Morgan fingerprint density at radius 2 is 1.05 bits per heavy atom. The first-order valence-corrected chi connectivity index (χ1v) is 8.21. The molecule has 2 rings (SSSR count). The van der Waals surface area contributed by atoms with Gasteiger partial charge >= 0.3 is 29.6 Å². The van der Waals surface area contributed by atoms with Crippen LogP contribution in [-0.4, -0.2) is 25.9 Å². The van der Waals surface area contributed by atoms with Gasteiger partial charge in [-0.2, -0.15) is 16.8 Å². The normalized spacial score (nSPS) is 11.7. The van der Waals surface area contributed by atoms with E-state index in [0.717, 1.165) is 0 Å². The fraction of sp³-hybridized carbons (Fsp3) is 0. The maximum Gasteiger partial charge on any atom is 1.00 e. The third-order valence-electron chi connectivity index (χ3n) is 2.60. The summed E-state index contributed by atoms with van der Waals surface area (Å²) >= 11 is 0. The van der Waals surface area contributed by atoms with Gasteiger partial charge in [-0.05, 0) is 35.4 Å². The molecular weight excluding hydrogens is 327 g/mol. The van der Waals surface area contributed by atoms with Gasteiger partial charge in [0.25, 0.3) is 20.2 Å². The number of rotatable bonds is 3. The molecule has 0 bridgehead atoms. The van der Waals surface area contributed by atoms with E-state index in [4.69, 9.17) is 9.11 Å². The minimum absolute atomic E-state index is 0. The van der Waals surface area contributed by atoms with Gasteiger partial charge in [0.1, 0.15) is 0 Å². The second kappa shape index (κ2) is 6.57. The molecule has 0 heterocycles. The molecule has 6 nitrogen and oxygen atoms in total. The Morgan fingerprint density at radius 1 is 0.714 bits per heavy atom. The summed E-state index contributed by atoms with van der Waals surface area (Å²) < 4.78 is 62.2. The summed E-state index contributed by atoms with van der Waals surface area (Å²) in [6.07, 6.45) is 0. The van der Waals surface area contributed by atoms with Gasteiger partial charge in [0.15, 0.2) is 0 Å². The minimum atomic E-state index is -4.34. The molecule has 0 radical (unpaired) electrons. The molecule has 0 atom stereocenters. The predicted octanol–water partition coefficient (Wildman–Crippen LogP) is -1.04. The molecule has 0 aliphatic heterocycles. The predicted molar refractivity (Wildman–Crippen MR) is 72.6 cm³/mol. The van der Waals surface area contributed by atoms with Gasteiger partial charge in [-0.15, -0.1) is 0 Å². The second-order valence-corrected chi connectivity index (χ2v) is 6.85. The van der Waals surface area contributed by atoms with Crippen LogP contribution in [0.4, 0.5) is 0 Å². The molecule has 0 aliphatic carbocycles. The van der Waals surface area contributed by atoms with Crippen LogP contribution in [0.5, 0.6) is 0 Å². The molecule has 0 aromatic heterocycles. The van der Waals surface area contributed by atoms with Crippen LogP contribution < -0.4 is 29.6 Å². The topological polar surface area (TPSA) is 109 Å². The van der Waals surface area contributed by atoms with Gasteiger partial charge in [-0.25, -0.2) is 0 Å². The van der Waals surface area contributed by atoms with Crippen molar-refractivity contribution in [2.45, 2.75) is 9.79 Å². The summed E-state index contributed by atoms with van der Waals surface area (Å²) in [6, 6.07) is 10.8. The van der Waals surface area contributed by atoms with E-state index >= 15 is 0 Å². The Morgan fingerprint density at radius 3 is 1.33 bits per heavy atom. The van der Waals surface area contributed by atoms with Crippen LogP contribution in [0.2, 0.25) is 0 Å². The average Bonchev–Trinajstić information content (AvgIpc) is 2.37. The van der Waals surface area contributed by atoms with E-state index in [1.807, 2.05) is 0 Å². The van der Waals surface area contributed by atoms with Crippen molar-refractivity contribution in [2.24, 2.45) is 0 Å². The summed E-state index contributed by atoms with van der Waals surface area (Å²) in [6.45, 7) is 0. The first-order valence-electron chi connectivity index (χ1n) is 5.33. The van der Waals surface area contributed by atoms with Crippen molar-refractivity contribution in [3.8, 4) is 11.1 Å². The minimum Gasteiger partial charge on any atom is -1.00 e. The van der Waals surface area contributed by atoms with Crippen molar-refractivity contribution in [3.63, 3.8) is 0 Å². The first kappa shape index (κ1) is 18.3. The van der Waals surface area contributed by atoms with Crippen LogP contribution >= 0.6 is 0 Å². The van der Waals surface area contributed by atoms with E-state index < -0.39 is 20.2 Å². The third-order valence-corrected chi connectivity index (χ3v) is 4.30. The Hall–Kier alpha value is -0.740. The van der Waals surface area contributed by atoms with E-state index in [0.29, 0.717) is 11.1 Å². The fourth-order valence-electron chi connectivity index (χ4n) is 1.67. The van der Waals surface area contributed by atoms with Crippen LogP contribution in [0.25, 0.3) is 11.1 Å². The van der Waals surface area contributed by atoms with Gasteiger partial charge in [-0.3, -0.25) is 9.11 Å². The van der Waals surface area contributed by atoms with Crippen molar-refractivity contribution < 1.29 is 56.9 Å². The molecule has 2 aromatic rings. The molecule has 0 saturated heterocycles. The maximum absolute atomic E-state index is 11.1. The van der Waals surface area contributed by atoms with Gasteiger partial charge < -0.3 is 1.43 Å². The largest absolute Gasteiger partial charge is 1.00 e. The zero-order chi connectivity index (χ0) is 15.0. The first-order chi connectivity index (χ1) is 9.18. The molecule has 0 saturated carbocycles. The van der Waals surface area contributed by atoms with Gasteiger partial charge in [0, 0.05) is 0 Å². The number of hydrogen-bond donors (Lipinski definition) is 2. The zero-order valence-electron chi connectivity index (χ0n) is 12.0. The Kier molecular flexibility index (Phi) is 5.73. The number of benzene rings is 2. The molecule has 0 unspecified atom stereocenters. The van der Waals surface area contributed by atoms with E-state index in [1.54, 1.807) is 12.1 Å². The van der Waals surface area contributed by atoms with Crippen LogP contribution in [0.1, 0.15) is 1.43 Å². The van der Waals surface area contributed by atoms with Crippen molar-refractivity contribution in [2.75, 3.05) is 0 Å². The molecule has 2 aromatic carbocycles. The molecule has 0 fully saturated rings. The summed E-state index contributed by atoms with van der Waals surface area (Å²) in [5, 5.41) is 0. The molecular formula is C12H11NaO6S2. The Balaban J connectivity index is 0.00000220. The molecule has 2 N–H and O–H groups in total. The Labute approximate surface area is 146 Å². The third kappa shape index (κ3) is 4.62. The maximum atomic E-state index is 11.1. The van der Waals surface area contributed by atoms with Crippen LogP contribution in [0.3, 0.4) is 0 Å². The number of hydrogen-bond acceptors (Lipinski definition) is 4. The van der Waals surface area contributed by atoms with Crippen molar-refractivity contribution in [3.05, 3.63) is 48.5 Å². The zero-order valence-corrected chi connectivity index (χ0v) is 14.6. The fourth-order valence-corrected chi connectivity index (χ4v) is 2.73. The SMILES string of the molecule is O=S(=O)(O)c1cccc(-c2cccc(S(=O)(=O)O)c2)c1.[H-].[Na+]. The quantitative estimate of drug-likeness (QED) is 0.547. The molecule has 21 heavy (non-hydrogen) atoms. The summed E-state index contributed by atoms with van der Waals surface area (Å²) in [7, 11) is -8.68. The van der Waals surface area contributed by atoms with Crippen molar-refractivity contribution in [1.29, 1.82) is 0 Å².